The van der Waals surface area contributed by atoms with E-state index < -0.39 is 0 Å². The lowest BCUT2D eigenvalue weighted by atomic mass is 10.2. The Hall–Kier alpha value is -0.610. The minimum atomic E-state index is 0.481. The zero-order valence-corrected chi connectivity index (χ0v) is 10.5. The topological polar surface area (TPSA) is 42.2 Å². The fourth-order valence-corrected chi connectivity index (χ4v) is 2.83. The molecule has 1 fully saturated rings. The zero-order chi connectivity index (χ0) is 11.0. The Morgan fingerprint density at radius 2 is 2.20 bits per heavy atom. The second-order valence-electron chi connectivity index (χ2n) is 4.39. The second-order valence-corrected chi connectivity index (χ2v) is 5.57. The average molecular weight is 225 g/mol. The molecule has 1 unspecified atom stereocenters. The van der Waals surface area contributed by atoms with E-state index in [1.165, 1.54) is 17.7 Å². The summed E-state index contributed by atoms with van der Waals surface area (Å²) in [6.45, 7) is 4.93. The van der Waals surface area contributed by atoms with Crippen molar-refractivity contribution in [2.45, 2.75) is 32.7 Å². The molecule has 1 aromatic heterocycles. The number of likely N-dealkylation sites (N-methyl/N-ethyl adjacent to an activating group) is 1. The van der Waals surface area contributed by atoms with E-state index in [1.807, 2.05) is 0 Å². The van der Waals surface area contributed by atoms with Crippen LogP contribution >= 0.6 is 11.3 Å². The molecule has 0 radical (unpaired) electrons. The lowest BCUT2D eigenvalue weighted by molar-refractivity contribution is 0.569. The molecule has 0 aromatic carbocycles. The molecule has 1 aromatic rings. The van der Waals surface area contributed by atoms with Crippen LogP contribution in [0.3, 0.4) is 0 Å². The number of hydrogen-bond acceptors (Lipinski definition) is 4. The van der Waals surface area contributed by atoms with Gasteiger partial charge in [0.1, 0.15) is 0 Å². The van der Waals surface area contributed by atoms with Crippen LogP contribution < -0.4 is 10.6 Å². The SMILES string of the molecule is Cc1nc(N(C)C(CN)C2CC2)sc1C. The molecule has 3 nitrogen and oxygen atoms in total. The highest BCUT2D eigenvalue weighted by atomic mass is 32.1. The van der Waals surface area contributed by atoms with Gasteiger partial charge >= 0.3 is 0 Å². The van der Waals surface area contributed by atoms with Gasteiger partial charge in [0.05, 0.1) is 5.69 Å². The van der Waals surface area contributed by atoms with E-state index in [-0.39, 0.29) is 0 Å². The van der Waals surface area contributed by atoms with Crippen LogP contribution in [0.25, 0.3) is 0 Å². The van der Waals surface area contributed by atoms with Crippen molar-refractivity contribution in [2.24, 2.45) is 11.7 Å². The Kier molecular flexibility index (Phi) is 2.98. The fourth-order valence-electron chi connectivity index (χ4n) is 1.90. The molecule has 1 saturated carbocycles. The van der Waals surface area contributed by atoms with Gasteiger partial charge in [0.2, 0.25) is 0 Å². The van der Waals surface area contributed by atoms with Gasteiger partial charge in [0.25, 0.3) is 0 Å². The van der Waals surface area contributed by atoms with Crippen LogP contribution in [0.15, 0.2) is 0 Å². The molecule has 4 heteroatoms. The van der Waals surface area contributed by atoms with Gasteiger partial charge in [0.15, 0.2) is 5.13 Å². The molecule has 0 saturated heterocycles. The summed E-state index contributed by atoms with van der Waals surface area (Å²) in [6.07, 6.45) is 2.66. The minimum absolute atomic E-state index is 0.481. The van der Waals surface area contributed by atoms with E-state index in [1.54, 1.807) is 11.3 Å². The van der Waals surface area contributed by atoms with Crippen LogP contribution in [0.5, 0.6) is 0 Å². The lowest BCUT2D eigenvalue weighted by Crippen LogP contribution is -2.39. The van der Waals surface area contributed by atoms with Crippen LogP contribution in [0.4, 0.5) is 5.13 Å². The maximum atomic E-state index is 5.83. The molecule has 0 bridgehead atoms. The van der Waals surface area contributed by atoms with E-state index in [4.69, 9.17) is 5.73 Å². The van der Waals surface area contributed by atoms with Gasteiger partial charge in [-0.05, 0) is 32.6 Å². The maximum Gasteiger partial charge on any atom is 0.185 e. The number of rotatable bonds is 4. The summed E-state index contributed by atoms with van der Waals surface area (Å²) in [7, 11) is 2.12. The molecule has 2 rings (SSSR count). The van der Waals surface area contributed by atoms with Crippen LogP contribution in [-0.2, 0) is 0 Å². The predicted molar refractivity (Wildman–Crippen MR) is 65.6 cm³/mol. The van der Waals surface area contributed by atoms with Crippen LogP contribution in [-0.4, -0.2) is 24.6 Å². The summed E-state index contributed by atoms with van der Waals surface area (Å²) in [5.74, 6) is 0.796. The highest BCUT2D eigenvalue weighted by Crippen LogP contribution is 2.37. The van der Waals surface area contributed by atoms with E-state index >= 15 is 0 Å². The number of aromatic nitrogens is 1. The summed E-state index contributed by atoms with van der Waals surface area (Å²) in [5.41, 5.74) is 6.98. The minimum Gasteiger partial charge on any atom is -0.347 e. The monoisotopic (exact) mass is 225 g/mol. The summed E-state index contributed by atoms with van der Waals surface area (Å²) >= 11 is 1.77. The number of nitrogens with two attached hydrogens (primary N) is 1. The second kappa shape index (κ2) is 4.10. The van der Waals surface area contributed by atoms with Gasteiger partial charge in [-0.1, -0.05) is 0 Å². The van der Waals surface area contributed by atoms with E-state index in [0.717, 1.165) is 23.3 Å². The zero-order valence-electron chi connectivity index (χ0n) is 9.66. The first-order valence-electron chi connectivity index (χ1n) is 5.50. The third-order valence-corrected chi connectivity index (χ3v) is 4.39. The fraction of sp³-hybridized carbons (Fsp3) is 0.727. The molecule has 0 spiro atoms. The quantitative estimate of drug-likeness (QED) is 0.851. The molecule has 1 atom stereocenters. The van der Waals surface area contributed by atoms with Crippen LogP contribution in [0.2, 0.25) is 0 Å². The van der Waals surface area contributed by atoms with Crippen molar-refractivity contribution in [1.82, 2.24) is 4.98 Å². The molecular formula is C11H19N3S. The van der Waals surface area contributed by atoms with Gasteiger partial charge < -0.3 is 10.6 Å². The smallest absolute Gasteiger partial charge is 0.185 e. The Balaban J connectivity index is 2.14. The predicted octanol–water partition coefficient (Wildman–Crippen LogP) is 1.93. The van der Waals surface area contributed by atoms with Crippen molar-refractivity contribution < 1.29 is 0 Å². The first kappa shape index (κ1) is 10.9. The summed E-state index contributed by atoms with van der Waals surface area (Å²) in [5, 5.41) is 1.12. The highest BCUT2D eigenvalue weighted by Gasteiger charge is 2.33. The van der Waals surface area contributed by atoms with Crippen molar-refractivity contribution in [3.05, 3.63) is 10.6 Å². The molecule has 0 aliphatic heterocycles. The first-order chi connectivity index (χ1) is 7.13. The largest absolute Gasteiger partial charge is 0.347 e. The van der Waals surface area contributed by atoms with Crippen LogP contribution in [0.1, 0.15) is 23.4 Å². The van der Waals surface area contributed by atoms with Crippen LogP contribution in [0, 0.1) is 19.8 Å². The van der Waals surface area contributed by atoms with E-state index in [2.05, 4.69) is 30.8 Å². The van der Waals surface area contributed by atoms with Crippen molar-refractivity contribution in [3.63, 3.8) is 0 Å². The normalized spacial score (nSPS) is 17.9. The van der Waals surface area contributed by atoms with Crippen molar-refractivity contribution >= 4 is 16.5 Å². The Labute approximate surface area is 95.3 Å². The summed E-state index contributed by atoms with van der Waals surface area (Å²) < 4.78 is 0. The molecule has 15 heavy (non-hydrogen) atoms. The third-order valence-electron chi connectivity index (χ3n) is 3.22. The van der Waals surface area contributed by atoms with E-state index in [0.29, 0.717) is 6.04 Å². The highest BCUT2D eigenvalue weighted by molar-refractivity contribution is 7.15. The molecular weight excluding hydrogens is 206 g/mol. The van der Waals surface area contributed by atoms with E-state index in [9.17, 15) is 0 Å². The Bertz CT molecular complexity index is 324. The number of anilines is 1. The van der Waals surface area contributed by atoms with Gasteiger partial charge in [-0.3, -0.25) is 0 Å². The molecule has 1 aliphatic rings. The molecule has 1 aliphatic carbocycles. The summed E-state index contributed by atoms with van der Waals surface area (Å²) in [4.78, 5) is 8.15. The number of hydrogen-bond donors (Lipinski definition) is 1. The number of aryl methyl sites for hydroxylation is 2. The Morgan fingerprint density at radius 1 is 1.53 bits per heavy atom. The average Bonchev–Trinajstić information content (AvgIpc) is 2.96. The van der Waals surface area contributed by atoms with Gasteiger partial charge in [0, 0.05) is 24.5 Å². The Morgan fingerprint density at radius 3 is 2.60 bits per heavy atom. The van der Waals surface area contributed by atoms with Crippen molar-refractivity contribution in [3.8, 4) is 0 Å². The van der Waals surface area contributed by atoms with Crippen molar-refractivity contribution in [2.75, 3.05) is 18.5 Å². The summed E-state index contributed by atoms with van der Waals surface area (Å²) in [6, 6.07) is 0.481. The lowest BCUT2D eigenvalue weighted by Gasteiger charge is -2.26. The third kappa shape index (κ3) is 2.16. The maximum absolute atomic E-state index is 5.83. The standard InChI is InChI=1S/C11H19N3S/c1-7-8(2)15-11(13-7)14(3)10(6-12)9-4-5-9/h9-10H,4-6,12H2,1-3H3. The molecule has 1 heterocycles. The number of thiazole rings is 1. The molecule has 2 N–H and O–H groups in total. The van der Waals surface area contributed by atoms with Gasteiger partial charge in [-0.15, -0.1) is 11.3 Å². The molecule has 0 amide bonds. The number of nitrogens with zero attached hydrogens (tertiary/aromatic N) is 2. The molecule has 84 valence electrons. The van der Waals surface area contributed by atoms with Gasteiger partial charge in [-0.2, -0.15) is 0 Å². The first-order valence-corrected chi connectivity index (χ1v) is 6.32. The van der Waals surface area contributed by atoms with Crippen molar-refractivity contribution in [1.29, 1.82) is 0 Å². The van der Waals surface area contributed by atoms with Gasteiger partial charge in [-0.25, -0.2) is 4.98 Å².